The fourth-order valence-electron chi connectivity index (χ4n) is 1.94. The molecule has 1 aromatic carbocycles. The van der Waals surface area contributed by atoms with E-state index in [1.165, 1.54) is 0 Å². The summed E-state index contributed by atoms with van der Waals surface area (Å²) in [5.74, 6) is 0. The Bertz CT molecular complexity index is 375. The van der Waals surface area contributed by atoms with Crippen molar-refractivity contribution >= 4 is 23.0 Å². The molecule has 0 fully saturated rings. The van der Waals surface area contributed by atoms with Crippen molar-refractivity contribution in [3.8, 4) is 0 Å². The lowest BCUT2D eigenvalue weighted by Gasteiger charge is -2.29. The molecule has 0 aromatic heterocycles. The second-order valence-corrected chi connectivity index (χ2v) is 5.92. The molecule has 0 spiro atoms. The van der Waals surface area contributed by atoms with Crippen molar-refractivity contribution in [3.05, 3.63) is 23.2 Å². The Morgan fingerprint density at radius 2 is 2.00 bits per heavy atom. The van der Waals surface area contributed by atoms with Gasteiger partial charge in [-0.05, 0) is 37.7 Å². The van der Waals surface area contributed by atoms with E-state index < -0.39 is 0 Å². The van der Waals surface area contributed by atoms with Crippen LogP contribution in [0, 0.1) is 5.41 Å². The number of anilines is 2. The van der Waals surface area contributed by atoms with Crippen molar-refractivity contribution < 1.29 is 0 Å². The molecule has 4 heteroatoms. The van der Waals surface area contributed by atoms with Gasteiger partial charge in [0.05, 0.1) is 11.4 Å². The molecule has 0 radical (unpaired) electrons. The maximum atomic E-state index is 5.89. The van der Waals surface area contributed by atoms with E-state index in [0.717, 1.165) is 18.8 Å². The highest BCUT2D eigenvalue weighted by atomic mass is 35.5. The Hall–Kier alpha value is -0.930. The van der Waals surface area contributed by atoms with Gasteiger partial charge in [0.15, 0.2) is 0 Å². The molecule has 1 rings (SSSR count). The number of nitrogens with zero attached hydrogens (tertiary/aromatic N) is 1. The summed E-state index contributed by atoms with van der Waals surface area (Å²) >= 11 is 5.86. The van der Waals surface area contributed by atoms with Crippen LogP contribution in [0.3, 0.4) is 0 Å². The fraction of sp³-hybridized carbons (Fsp3) is 0.538. The zero-order chi connectivity index (χ0) is 13.1. The van der Waals surface area contributed by atoms with Gasteiger partial charge in [0, 0.05) is 18.1 Å². The molecule has 0 saturated heterocycles. The quantitative estimate of drug-likeness (QED) is 0.795. The Morgan fingerprint density at radius 1 is 1.35 bits per heavy atom. The summed E-state index contributed by atoms with van der Waals surface area (Å²) in [6.45, 7) is 6.35. The summed E-state index contributed by atoms with van der Waals surface area (Å²) in [6.07, 6.45) is 0. The van der Waals surface area contributed by atoms with E-state index in [0.29, 0.717) is 10.7 Å². The number of halogens is 1. The average molecular weight is 256 g/mol. The maximum Gasteiger partial charge on any atom is 0.0575 e. The number of hydrogen-bond donors (Lipinski definition) is 2. The van der Waals surface area contributed by atoms with E-state index in [1.54, 1.807) is 6.07 Å². The SMILES string of the molecule is CN(C)CC(C)(C)CNc1ccc(Cl)cc1N. The molecule has 0 saturated carbocycles. The third kappa shape index (κ3) is 4.84. The van der Waals surface area contributed by atoms with Gasteiger partial charge in [-0.3, -0.25) is 0 Å². The molecular formula is C13H22ClN3. The van der Waals surface area contributed by atoms with E-state index in [-0.39, 0.29) is 5.41 Å². The van der Waals surface area contributed by atoms with E-state index in [2.05, 4.69) is 38.2 Å². The van der Waals surface area contributed by atoms with Crippen molar-refractivity contribution in [2.45, 2.75) is 13.8 Å². The van der Waals surface area contributed by atoms with Gasteiger partial charge in [-0.25, -0.2) is 0 Å². The molecule has 1 aromatic rings. The molecule has 96 valence electrons. The summed E-state index contributed by atoms with van der Waals surface area (Å²) in [7, 11) is 4.16. The summed E-state index contributed by atoms with van der Waals surface area (Å²) in [6, 6.07) is 5.53. The van der Waals surface area contributed by atoms with Crippen LogP contribution in [0.2, 0.25) is 5.02 Å². The Kier molecular flexibility index (Phi) is 4.66. The molecule has 0 unspecified atom stereocenters. The zero-order valence-electron chi connectivity index (χ0n) is 11.0. The van der Waals surface area contributed by atoms with E-state index in [4.69, 9.17) is 17.3 Å². The number of nitrogens with two attached hydrogens (primary N) is 1. The van der Waals surface area contributed by atoms with Crippen LogP contribution in [0.25, 0.3) is 0 Å². The lowest BCUT2D eigenvalue weighted by atomic mass is 9.93. The van der Waals surface area contributed by atoms with Crippen LogP contribution >= 0.6 is 11.6 Å². The minimum Gasteiger partial charge on any atom is -0.397 e. The van der Waals surface area contributed by atoms with Gasteiger partial charge in [0.1, 0.15) is 0 Å². The van der Waals surface area contributed by atoms with Gasteiger partial charge < -0.3 is 16.0 Å². The molecule has 3 nitrogen and oxygen atoms in total. The lowest BCUT2D eigenvalue weighted by Crippen LogP contribution is -2.34. The van der Waals surface area contributed by atoms with E-state index >= 15 is 0 Å². The first kappa shape index (κ1) is 14.1. The number of nitrogens with one attached hydrogen (secondary N) is 1. The van der Waals surface area contributed by atoms with Crippen LogP contribution in [-0.2, 0) is 0 Å². The second-order valence-electron chi connectivity index (χ2n) is 5.49. The molecule has 17 heavy (non-hydrogen) atoms. The smallest absolute Gasteiger partial charge is 0.0575 e. The molecule has 0 aliphatic rings. The molecule has 0 aliphatic carbocycles. The predicted octanol–water partition coefficient (Wildman–Crippen LogP) is 2.92. The molecule has 3 N–H and O–H groups in total. The molecule has 0 aliphatic heterocycles. The topological polar surface area (TPSA) is 41.3 Å². The number of hydrogen-bond acceptors (Lipinski definition) is 3. The Balaban J connectivity index is 2.61. The highest BCUT2D eigenvalue weighted by molar-refractivity contribution is 6.31. The van der Waals surface area contributed by atoms with E-state index in [9.17, 15) is 0 Å². The van der Waals surface area contributed by atoms with Crippen LogP contribution in [0.5, 0.6) is 0 Å². The first-order chi connectivity index (χ1) is 7.80. The minimum absolute atomic E-state index is 0.190. The van der Waals surface area contributed by atoms with Gasteiger partial charge in [-0.2, -0.15) is 0 Å². The minimum atomic E-state index is 0.190. The normalized spacial score (nSPS) is 11.9. The van der Waals surface area contributed by atoms with Crippen molar-refractivity contribution in [2.75, 3.05) is 38.2 Å². The highest BCUT2D eigenvalue weighted by Gasteiger charge is 2.18. The summed E-state index contributed by atoms with van der Waals surface area (Å²) < 4.78 is 0. The molecule has 0 atom stereocenters. The van der Waals surface area contributed by atoms with Crippen LogP contribution in [0.1, 0.15) is 13.8 Å². The number of rotatable bonds is 5. The van der Waals surface area contributed by atoms with Crippen LogP contribution in [-0.4, -0.2) is 32.1 Å². The standard InChI is InChI=1S/C13H22ClN3/c1-13(2,9-17(3)4)8-16-12-6-5-10(14)7-11(12)15/h5-7,16H,8-9,15H2,1-4H3. The first-order valence-corrected chi connectivity index (χ1v) is 6.11. The third-order valence-corrected chi connectivity index (χ3v) is 2.75. The van der Waals surface area contributed by atoms with Crippen LogP contribution in [0.15, 0.2) is 18.2 Å². The predicted molar refractivity (Wildman–Crippen MR) is 76.7 cm³/mol. The summed E-state index contributed by atoms with van der Waals surface area (Å²) in [5, 5.41) is 4.04. The van der Waals surface area contributed by atoms with Crippen molar-refractivity contribution in [3.63, 3.8) is 0 Å². The third-order valence-electron chi connectivity index (χ3n) is 2.52. The van der Waals surface area contributed by atoms with Gasteiger partial charge in [-0.1, -0.05) is 25.4 Å². The molecular weight excluding hydrogens is 234 g/mol. The van der Waals surface area contributed by atoms with Gasteiger partial charge in [0.2, 0.25) is 0 Å². The summed E-state index contributed by atoms with van der Waals surface area (Å²) in [4.78, 5) is 2.19. The Morgan fingerprint density at radius 3 is 2.53 bits per heavy atom. The second kappa shape index (κ2) is 5.61. The molecule has 0 bridgehead atoms. The van der Waals surface area contributed by atoms with Gasteiger partial charge >= 0.3 is 0 Å². The van der Waals surface area contributed by atoms with Crippen LogP contribution in [0.4, 0.5) is 11.4 Å². The lowest BCUT2D eigenvalue weighted by molar-refractivity contribution is 0.254. The highest BCUT2D eigenvalue weighted by Crippen LogP contribution is 2.24. The fourth-order valence-corrected chi connectivity index (χ4v) is 2.12. The van der Waals surface area contributed by atoms with Gasteiger partial charge in [-0.15, -0.1) is 0 Å². The van der Waals surface area contributed by atoms with Crippen LogP contribution < -0.4 is 11.1 Å². The van der Waals surface area contributed by atoms with Crippen molar-refractivity contribution in [2.24, 2.45) is 5.41 Å². The monoisotopic (exact) mass is 255 g/mol. The largest absolute Gasteiger partial charge is 0.397 e. The van der Waals surface area contributed by atoms with Crippen molar-refractivity contribution in [1.29, 1.82) is 0 Å². The molecule has 0 amide bonds. The summed E-state index contributed by atoms with van der Waals surface area (Å²) in [5.41, 5.74) is 7.72. The first-order valence-electron chi connectivity index (χ1n) is 5.74. The zero-order valence-corrected chi connectivity index (χ0v) is 11.8. The number of benzene rings is 1. The van der Waals surface area contributed by atoms with Crippen molar-refractivity contribution in [1.82, 2.24) is 4.90 Å². The number of nitrogen functional groups attached to an aromatic ring is 1. The van der Waals surface area contributed by atoms with Gasteiger partial charge in [0.25, 0.3) is 0 Å². The maximum absolute atomic E-state index is 5.89. The van der Waals surface area contributed by atoms with E-state index in [1.807, 2.05) is 12.1 Å². The Labute approximate surface area is 109 Å². The average Bonchev–Trinajstić information content (AvgIpc) is 2.14. The molecule has 0 heterocycles.